The number of allylic oxidation sites excluding steroid dienone is 1. The van der Waals surface area contributed by atoms with Gasteiger partial charge in [-0.25, -0.2) is 9.59 Å². The minimum atomic E-state index is -1.15. The quantitative estimate of drug-likeness (QED) is 0.0616. The number of carbonyl (C=O) groups excluding carboxylic acids is 2. The highest BCUT2D eigenvalue weighted by Gasteiger charge is 2.32. The van der Waals surface area contributed by atoms with E-state index in [0.29, 0.717) is 47.5 Å². The molecule has 0 saturated carbocycles. The van der Waals surface area contributed by atoms with Gasteiger partial charge in [0.25, 0.3) is 0 Å². The van der Waals surface area contributed by atoms with Gasteiger partial charge in [0.2, 0.25) is 6.79 Å². The van der Waals surface area contributed by atoms with Gasteiger partial charge in [-0.05, 0) is 105 Å². The fraction of sp³-hybridized carbons (Fsp3) is 0.281. The summed E-state index contributed by atoms with van der Waals surface area (Å²) in [5.74, 6) is 2.26. The lowest BCUT2D eigenvalue weighted by Gasteiger charge is -2.28. The van der Waals surface area contributed by atoms with Crippen LogP contribution in [0.1, 0.15) is 36.6 Å². The Hall–Kier alpha value is -4.22. The van der Waals surface area contributed by atoms with E-state index in [0.717, 1.165) is 24.9 Å². The number of amides is 2. The molecule has 2 heterocycles. The van der Waals surface area contributed by atoms with Crippen molar-refractivity contribution >= 4 is 56.7 Å². The average molecular weight is 823 g/mol. The number of hydrogen-bond acceptors (Lipinski definition) is 11. The van der Waals surface area contributed by atoms with Gasteiger partial charge < -0.3 is 44.2 Å². The fourth-order valence-electron chi connectivity index (χ4n) is 4.80. The molecule has 0 saturated heterocycles. The van der Waals surface area contributed by atoms with Gasteiger partial charge in [0.15, 0.2) is 29.2 Å². The second-order valence-corrected chi connectivity index (χ2v) is 12.2. The number of methoxy groups -OCH3 is 1. The van der Waals surface area contributed by atoms with Crippen molar-refractivity contribution in [3.63, 3.8) is 0 Å². The molecule has 248 valence electrons. The van der Waals surface area contributed by atoms with Crippen molar-refractivity contribution in [2.75, 3.05) is 27.1 Å². The molecule has 2 aliphatic rings. The average Bonchev–Trinajstić information content (AvgIpc) is 3.51. The highest BCUT2D eigenvalue weighted by atomic mass is 127. The maximum atomic E-state index is 12.5. The fourth-order valence-corrected chi connectivity index (χ4v) is 6.57. The van der Waals surface area contributed by atoms with E-state index in [2.05, 4.69) is 59.7 Å². The van der Waals surface area contributed by atoms with E-state index in [1.807, 2.05) is 37.3 Å². The minimum Gasteiger partial charge on any atom is -0.490 e. The molecule has 2 atom stereocenters. The molecule has 3 aromatic carbocycles. The van der Waals surface area contributed by atoms with Crippen molar-refractivity contribution in [1.82, 2.24) is 16.1 Å². The molecule has 2 amide bonds. The van der Waals surface area contributed by atoms with E-state index in [1.165, 1.54) is 7.11 Å². The normalized spacial score (nSPS) is 16.0. The van der Waals surface area contributed by atoms with Crippen LogP contribution in [0.2, 0.25) is 0 Å². The van der Waals surface area contributed by atoms with Crippen molar-refractivity contribution in [1.29, 1.82) is 0 Å². The molecule has 0 unspecified atom stereocenters. The topological polar surface area (TPSA) is 158 Å². The van der Waals surface area contributed by atoms with Crippen LogP contribution in [0.4, 0.5) is 4.79 Å². The first kappa shape index (κ1) is 34.1. The number of esters is 1. The maximum absolute atomic E-state index is 12.5. The van der Waals surface area contributed by atoms with Crippen LogP contribution in [0.3, 0.4) is 0 Å². The number of fused-ring (bicyclic) bond motifs is 1. The molecular weight excluding hydrogens is 791 g/mol. The molecule has 2 aliphatic heterocycles. The number of carbonyl (C=O) groups is 2. The minimum absolute atomic E-state index is 0.152. The molecule has 15 heteroatoms. The summed E-state index contributed by atoms with van der Waals surface area (Å²) in [5, 5.41) is 20.0. The van der Waals surface area contributed by atoms with Crippen molar-refractivity contribution in [2.45, 2.75) is 32.7 Å². The van der Waals surface area contributed by atoms with Gasteiger partial charge in [0.05, 0.1) is 39.6 Å². The van der Waals surface area contributed by atoms with E-state index in [9.17, 15) is 14.7 Å². The Morgan fingerprint density at radius 3 is 2.72 bits per heavy atom. The molecule has 3 aromatic rings. The van der Waals surface area contributed by atoms with Gasteiger partial charge in [-0.1, -0.05) is 12.1 Å². The standard InChI is InChI=1S/C32H32BrIN4O9/c1-4-43-26-12-20(29-28(31(40)42-3)17(2)36-32(41)37-29)6-8-23(26)44-15-27(39)38-35-13-19-9-21(33)30(22(34)10-19)45-14-18-5-7-24-25(11-18)47-16-46-24/h5-13,27,29,38-39H,4,14-16H2,1-3H3,(H2,36,37,41)/b35-13-/t27-,29-/m0/s1. The number of aliphatic hydroxyl groups excluding tert-OH is 1. The first-order chi connectivity index (χ1) is 22.7. The first-order valence-electron chi connectivity index (χ1n) is 14.4. The lowest BCUT2D eigenvalue weighted by atomic mass is 9.95. The number of halogens is 2. The number of nitrogens with one attached hydrogen (secondary N) is 3. The predicted molar refractivity (Wildman–Crippen MR) is 183 cm³/mol. The number of rotatable bonds is 13. The Labute approximate surface area is 292 Å². The zero-order valence-corrected chi connectivity index (χ0v) is 29.3. The Morgan fingerprint density at radius 2 is 1.96 bits per heavy atom. The second kappa shape index (κ2) is 15.6. The molecule has 13 nitrogen and oxygen atoms in total. The molecule has 0 spiro atoms. The smallest absolute Gasteiger partial charge is 0.337 e. The van der Waals surface area contributed by atoms with E-state index in [-0.39, 0.29) is 19.0 Å². The van der Waals surface area contributed by atoms with Gasteiger partial charge in [-0.15, -0.1) is 0 Å². The monoisotopic (exact) mass is 822 g/mol. The number of benzene rings is 3. The summed E-state index contributed by atoms with van der Waals surface area (Å²) in [4.78, 5) is 24.6. The van der Waals surface area contributed by atoms with Crippen molar-refractivity contribution < 1.29 is 43.1 Å². The molecule has 0 radical (unpaired) electrons. The van der Waals surface area contributed by atoms with Gasteiger partial charge in [0.1, 0.15) is 19.0 Å². The largest absolute Gasteiger partial charge is 0.490 e. The number of hydrazone groups is 1. The van der Waals surface area contributed by atoms with E-state index in [4.69, 9.17) is 28.4 Å². The van der Waals surface area contributed by atoms with Crippen molar-refractivity contribution in [2.24, 2.45) is 5.10 Å². The molecule has 0 aromatic heterocycles. The number of urea groups is 1. The van der Waals surface area contributed by atoms with Gasteiger partial charge in [-0.3, -0.25) is 5.43 Å². The Balaban J connectivity index is 1.18. The van der Waals surface area contributed by atoms with Crippen LogP contribution in [-0.4, -0.2) is 56.7 Å². The predicted octanol–water partition coefficient (Wildman–Crippen LogP) is 4.88. The summed E-state index contributed by atoms with van der Waals surface area (Å²) < 4.78 is 35.0. The Bertz CT molecular complexity index is 1690. The highest BCUT2D eigenvalue weighted by Crippen LogP contribution is 2.36. The number of aliphatic hydroxyl groups is 1. The zero-order chi connectivity index (χ0) is 33.5. The van der Waals surface area contributed by atoms with Crippen molar-refractivity contribution in [3.05, 3.63) is 84.5 Å². The van der Waals surface area contributed by atoms with Crippen LogP contribution < -0.4 is 39.7 Å². The molecule has 5 rings (SSSR count). The summed E-state index contributed by atoms with van der Waals surface area (Å²) in [7, 11) is 1.28. The van der Waals surface area contributed by atoms with Crippen LogP contribution >= 0.6 is 38.5 Å². The van der Waals surface area contributed by atoms with Gasteiger partial charge in [-0.2, -0.15) is 5.10 Å². The Morgan fingerprint density at radius 1 is 1.15 bits per heavy atom. The molecule has 0 fully saturated rings. The molecular formula is C32H32BrIN4O9. The summed E-state index contributed by atoms with van der Waals surface area (Å²) in [5.41, 5.74) is 5.61. The second-order valence-electron chi connectivity index (χ2n) is 10.2. The third-order valence-corrected chi connectivity index (χ3v) is 8.34. The van der Waals surface area contributed by atoms with Gasteiger partial charge in [0, 0.05) is 5.70 Å². The number of nitrogens with zero attached hydrogens (tertiary/aromatic N) is 1. The molecule has 0 bridgehead atoms. The van der Waals surface area contributed by atoms with Gasteiger partial charge >= 0.3 is 12.0 Å². The van der Waals surface area contributed by atoms with Crippen LogP contribution in [0.15, 0.2) is 69.4 Å². The summed E-state index contributed by atoms with van der Waals surface area (Å²) in [6, 6.07) is 13.3. The van der Waals surface area contributed by atoms with Crippen LogP contribution in [0, 0.1) is 3.57 Å². The number of hydrogen-bond donors (Lipinski definition) is 4. The highest BCUT2D eigenvalue weighted by molar-refractivity contribution is 14.1. The lowest BCUT2D eigenvalue weighted by Crippen LogP contribution is -2.45. The summed E-state index contributed by atoms with van der Waals surface area (Å²) >= 11 is 5.77. The van der Waals surface area contributed by atoms with Crippen LogP contribution in [0.25, 0.3) is 0 Å². The van der Waals surface area contributed by atoms with E-state index < -0.39 is 24.3 Å². The van der Waals surface area contributed by atoms with Crippen molar-refractivity contribution in [3.8, 4) is 28.7 Å². The molecule has 0 aliphatic carbocycles. The first-order valence-corrected chi connectivity index (χ1v) is 16.3. The molecule has 47 heavy (non-hydrogen) atoms. The van der Waals surface area contributed by atoms with E-state index >= 15 is 0 Å². The summed E-state index contributed by atoms with van der Waals surface area (Å²) in [6.07, 6.45) is 0.423. The van der Waals surface area contributed by atoms with Crippen LogP contribution in [-0.2, 0) is 16.1 Å². The SMILES string of the molecule is CCOc1cc([C@@H]2NC(=O)NC(C)=C2C(=O)OC)ccc1OC[C@H](O)N/N=C\c1cc(Br)c(OCc2ccc3c(c2)OCO3)c(I)c1. The third-order valence-electron chi connectivity index (χ3n) is 6.95. The summed E-state index contributed by atoms with van der Waals surface area (Å²) in [6.45, 7) is 4.19. The number of ether oxygens (including phenoxy) is 6. The zero-order valence-electron chi connectivity index (χ0n) is 25.6. The maximum Gasteiger partial charge on any atom is 0.337 e. The third kappa shape index (κ3) is 8.39. The Kier molecular flexibility index (Phi) is 11.3. The lowest BCUT2D eigenvalue weighted by molar-refractivity contribution is -0.136. The van der Waals surface area contributed by atoms with E-state index in [1.54, 1.807) is 31.3 Å². The van der Waals surface area contributed by atoms with Crippen LogP contribution in [0.5, 0.6) is 28.7 Å². The molecule has 4 N–H and O–H groups in total.